The molecular formula is C14H19BrN2O3. The number of carbonyl (C=O) groups excluding carboxylic acids is 1. The van der Waals surface area contributed by atoms with Crippen LogP contribution in [0.3, 0.4) is 0 Å². The summed E-state index contributed by atoms with van der Waals surface area (Å²) in [5, 5.41) is 6.07. The molecule has 2 rings (SSSR count). The van der Waals surface area contributed by atoms with Crippen molar-refractivity contribution < 1.29 is 14.3 Å². The van der Waals surface area contributed by atoms with E-state index in [0.717, 1.165) is 22.2 Å². The molecule has 1 heterocycles. The quantitative estimate of drug-likeness (QED) is 0.771. The molecule has 0 fully saturated rings. The minimum Gasteiger partial charge on any atom is -0.493 e. The van der Waals surface area contributed by atoms with Crippen molar-refractivity contribution in [3.8, 4) is 5.75 Å². The standard InChI is InChI=1S/C14H19BrN2O3/c1-19-7-5-16-14(18)9-17-12-4-6-20-13-3-2-10(15)8-11(12)13/h2-3,8,12,17H,4-7,9H2,1H3,(H,16,18). The van der Waals surface area contributed by atoms with Crippen molar-refractivity contribution in [2.24, 2.45) is 0 Å². The number of ether oxygens (including phenoxy) is 2. The fraction of sp³-hybridized carbons (Fsp3) is 0.500. The molecule has 0 aromatic heterocycles. The maximum atomic E-state index is 11.7. The third kappa shape index (κ3) is 4.19. The van der Waals surface area contributed by atoms with Gasteiger partial charge >= 0.3 is 0 Å². The highest BCUT2D eigenvalue weighted by Gasteiger charge is 2.21. The third-order valence-electron chi connectivity index (χ3n) is 3.15. The van der Waals surface area contributed by atoms with Gasteiger partial charge in [-0.25, -0.2) is 0 Å². The molecule has 0 saturated carbocycles. The molecule has 1 aliphatic heterocycles. The van der Waals surface area contributed by atoms with Gasteiger partial charge in [-0.2, -0.15) is 0 Å². The maximum Gasteiger partial charge on any atom is 0.234 e. The molecule has 1 unspecified atom stereocenters. The van der Waals surface area contributed by atoms with Crippen LogP contribution in [0.15, 0.2) is 22.7 Å². The lowest BCUT2D eigenvalue weighted by Gasteiger charge is -2.26. The summed E-state index contributed by atoms with van der Waals surface area (Å²) < 4.78 is 11.5. The van der Waals surface area contributed by atoms with Crippen LogP contribution in [0.4, 0.5) is 0 Å². The molecule has 1 aromatic carbocycles. The Balaban J connectivity index is 1.88. The fourth-order valence-electron chi connectivity index (χ4n) is 2.15. The number of hydrogen-bond donors (Lipinski definition) is 2. The predicted molar refractivity (Wildman–Crippen MR) is 79.9 cm³/mol. The van der Waals surface area contributed by atoms with Crippen molar-refractivity contribution >= 4 is 21.8 Å². The van der Waals surface area contributed by atoms with E-state index in [1.54, 1.807) is 7.11 Å². The zero-order valence-corrected chi connectivity index (χ0v) is 13.0. The van der Waals surface area contributed by atoms with Gasteiger partial charge < -0.3 is 20.1 Å². The van der Waals surface area contributed by atoms with Crippen molar-refractivity contribution in [2.75, 3.05) is 33.4 Å². The molecule has 0 radical (unpaired) electrons. The number of halogens is 1. The third-order valence-corrected chi connectivity index (χ3v) is 3.64. The molecule has 0 aliphatic carbocycles. The first-order valence-corrected chi connectivity index (χ1v) is 7.41. The summed E-state index contributed by atoms with van der Waals surface area (Å²) in [6.45, 7) is 2.02. The van der Waals surface area contributed by atoms with Gasteiger partial charge in [0.1, 0.15) is 5.75 Å². The van der Waals surface area contributed by atoms with Crippen molar-refractivity contribution in [1.82, 2.24) is 10.6 Å². The SMILES string of the molecule is COCCNC(=O)CNC1CCOc2ccc(Br)cc21. The lowest BCUT2D eigenvalue weighted by molar-refractivity contribution is -0.120. The van der Waals surface area contributed by atoms with Gasteiger partial charge in [-0.1, -0.05) is 15.9 Å². The highest BCUT2D eigenvalue weighted by Crippen LogP contribution is 2.33. The molecule has 6 heteroatoms. The van der Waals surface area contributed by atoms with Crippen molar-refractivity contribution in [3.05, 3.63) is 28.2 Å². The zero-order valence-electron chi connectivity index (χ0n) is 11.4. The molecule has 110 valence electrons. The Labute approximate surface area is 127 Å². The summed E-state index contributed by atoms with van der Waals surface area (Å²) in [6, 6.07) is 6.09. The van der Waals surface area contributed by atoms with Crippen LogP contribution in [0.25, 0.3) is 0 Å². The van der Waals surface area contributed by atoms with E-state index in [0.29, 0.717) is 26.3 Å². The van der Waals surface area contributed by atoms with Crippen LogP contribution in [0.1, 0.15) is 18.0 Å². The number of carbonyl (C=O) groups is 1. The van der Waals surface area contributed by atoms with Gasteiger partial charge in [0.05, 0.1) is 19.8 Å². The first-order chi connectivity index (χ1) is 9.70. The second-order valence-electron chi connectivity index (χ2n) is 4.60. The van der Waals surface area contributed by atoms with Crippen molar-refractivity contribution in [3.63, 3.8) is 0 Å². The van der Waals surface area contributed by atoms with Gasteiger partial charge in [0.25, 0.3) is 0 Å². The first-order valence-electron chi connectivity index (χ1n) is 6.62. The van der Waals surface area contributed by atoms with Crippen LogP contribution in [0.2, 0.25) is 0 Å². The smallest absolute Gasteiger partial charge is 0.234 e. The minimum atomic E-state index is -0.0231. The van der Waals surface area contributed by atoms with E-state index in [9.17, 15) is 4.79 Å². The number of rotatable bonds is 6. The summed E-state index contributed by atoms with van der Waals surface area (Å²) >= 11 is 3.46. The summed E-state index contributed by atoms with van der Waals surface area (Å²) in [4.78, 5) is 11.7. The largest absolute Gasteiger partial charge is 0.493 e. The Morgan fingerprint density at radius 2 is 2.40 bits per heavy atom. The van der Waals surface area contributed by atoms with E-state index in [1.807, 2.05) is 18.2 Å². The molecule has 5 nitrogen and oxygen atoms in total. The molecule has 1 aliphatic rings. The Hall–Kier alpha value is -1.11. The van der Waals surface area contributed by atoms with E-state index in [1.165, 1.54) is 0 Å². The Morgan fingerprint density at radius 1 is 1.55 bits per heavy atom. The van der Waals surface area contributed by atoms with E-state index in [2.05, 4.69) is 26.6 Å². The number of hydrogen-bond acceptors (Lipinski definition) is 4. The molecule has 1 amide bonds. The second-order valence-corrected chi connectivity index (χ2v) is 5.51. The van der Waals surface area contributed by atoms with Gasteiger partial charge in [0.15, 0.2) is 0 Å². The molecule has 0 saturated heterocycles. The van der Waals surface area contributed by atoms with Gasteiger partial charge in [-0.05, 0) is 18.2 Å². The van der Waals surface area contributed by atoms with Crippen LogP contribution in [0, 0.1) is 0 Å². The van der Waals surface area contributed by atoms with Crippen molar-refractivity contribution in [1.29, 1.82) is 0 Å². The van der Waals surface area contributed by atoms with Gasteiger partial charge in [-0.3, -0.25) is 4.79 Å². The van der Waals surface area contributed by atoms with Crippen LogP contribution < -0.4 is 15.4 Å². The van der Waals surface area contributed by atoms with Gasteiger partial charge in [-0.15, -0.1) is 0 Å². The monoisotopic (exact) mass is 342 g/mol. The topological polar surface area (TPSA) is 59.6 Å². The fourth-order valence-corrected chi connectivity index (χ4v) is 2.53. The van der Waals surface area contributed by atoms with Crippen LogP contribution >= 0.6 is 15.9 Å². The summed E-state index contributed by atoms with van der Waals surface area (Å²) in [5.74, 6) is 0.863. The number of amides is 1. The lowest BCUT2D eigenvalue weighted by Crippen LogP contribution is -2.38. The average molecular weight is 343 g/mol. The average Bonchev–Trinajstić information content (AvgIpc) is 2.45. The van der Waals surface area contributed by atoms with E-state index >= 15 is 0 Å². The number of fused-ring (bicyclic) bond motifs is 1. The minimum absolute atomic E-state index is 0.0231. The van der Waals surface area contributed by atoms with Gasteiger partial charge in [0.2, 0.25) is 5.91 Å². The van der Waals surface area contributed by atoms with Crippen LogP contribution in [-0.4, -0.2) is 39.3 Å². The molecule has 2 N–H and O–H groups in total. The van der Waals surface area contributed by atoms with Crippen LogP contribution in [0.5, 0.6) is 5.75 Å². The lowest BCUT2D eigenvalue weighted by atomic mass is 10.0. The van der Waals surface area contributed by atoms with E-state index < -0.39 is 0 Å². The molecule has 1 aromatic rings. The second kappa shape index (κ2) is 7.61. The molecule has 20 heavy (non-hydrogen) atoms. The summed E-state index contributed by atoms with van der Waals surface area (Å²) in [5.41, 5.74) is 1.09. The number of nitrogens with one attached hydrogen (secondary N) is 2. The molecular weight excluding hydrogens is 324 g/mol. The molecule has 1 atom stereocenters. The van der Waals surface area contributed by atoms with Crippen LogP contribution in [-0.2, 0) is 9.53 Å². The first kappa shape index (κ1) is 15.3. The van der Waals surface area contributed by atoms with E-state index in [4.69, 9.17) is 9.47 Å². The zero-order chi connectivity index (χ0) is 14.4. The molecule has 0 spiro atoms. The molecule has 0 bridgehead atoms. The highest BCUT2D eigenvalue weighted by atomic mass is 79.9. The number of benzene rings is 1. The van der Waals surface area contributed by atoms with E-state index in [-0.39, 0.29) is 11.9 Å². The van der Waals surface area contributed by atoms with Gasteiger partial charge in [0, 0.05) is 36.2 Å². The Kier molecular flexibility index (Phi) is 5.82. The predicted octanol–water partition coefficient (Wildman–Crippen LogP) is 1.62. The maximum absolute atomic E-state index is 11.7. The summed E-state index contributed by atoms with van der Waals surface area (Å²) in [6.07, 6.45) is 0.856. The highest BCUT2D eigenvalue weighted by molar-refractivity contribution is 9.10. The summed E-state index contributed by atoms with van der Waals surface area (Å²) in [7, 11) is 1.61. The van der Waals surface area contributed by atoms with Crippen molar-refractivity contribution in [2.45, 2.75) is 12.5 Å². The Bertz CT molecular complexity index is 468. The number of methoxy groups -OCH3 is 1. The normalized spacial score (nSPS) is 17.2. The Morgan fingerprint density at radius 3 is 3.20 bits per heavy atom.